The quantitative estimate of drug-likeness (QED) is 0.756. The van der Waals surface area contributed by atoms with Crippen LogP contribution >= 0.6 is 0 Å². The molecular weight excluding hydrogens is 303 g/mol. The number of alkyl halides is 5. The molecule has 10 heteroatoms. The van der Waals surface area contributed by atoms with Crippen molar-refractivity contribution in [1.82, 2.24) is 5.01 Å². The van der Waals surface area contributed by atoms with Crippen molar-refractivity contribution in [3.8, 4) is 0 Å². The average molecular weight is 318 g/mol. The maximum absolute atomic E-state index is 13.5. The molecule has 0 saturated carbocycles. The standard InChI is InChI=1S/C11H15F5N2O3/c1-6-5-9(20,10(12,13)11(14,15)16)18(17-6)7(19)21-8(2,3)4/h20H,5H2,1-4H3/t9-/m0/s1. The zero-order chi connectivity index (χ0) is 16.9. The predicted molar refractivity (Wildman–Crippen MR) is 61.8 cm³/mol. The summed E-state index contributed by atoms with van der Waals surface area (Å²) >= 11 is 0. The Morgan fingerprint density at radius 2 is 1.76 bits per heavy atom. The van der Waals surface area contributed by atoms with Gasteiger partial charge in [0.25, 0.3) is 0 Å². The molecule has 0 radical (unpaired) electrons. The van der Waals surface area contributed by atoms with E-state index in [1.165, 1.54) is 20.8 Å². The Morgan fingerprint density at radius 1 is 1.29 bits per heavy atom. The first-order valence-corrected chi connectivity index (χ1v) is 5.86. The van der Waals surface area contributed by atoms with E-state index in [9.17, 15) is 31.9 Å². The first-order chi connectivity index (χ1) is 9.12. The van der Waals surface area contributed by atoms with E-state index >= 15 is 0 Å². The van der Waals surface area contributed by atoms with Crippen molar-refractivity contribution >= 4 is 11.8 Å². The van der Waals surface area contributed by atoms with E-state index in [0.29, 0.717) is 0 Å². The number of halogens is 5. The van der Waals surface area contributed by atoms with Gasteiger partial charge in [-0.25, -0.2) is 4.79 Å². The van der Waals surface area contributed by atoms with Crippen molar-refractivity contribution in [3.05, 3.63) is 0 Å². The van der Waals surface area contributed by atoms with Gasteiger partial charge in [0.2, 0.25) is 5.72 Å². The fourth-order valence-corrected chi connectivity index (χ4v) is 1.69. The zero-order valence-corrected chi connectivity index (χ0v) is 11.8. The molecule has 0 aromatic carbocycles. The third-order valence-corrected chi connectivity index (χ3v) is 2.55. The Bertz CT molecular complexity index is 469. The molecule has 0 aromatic rings. The molecule has 1 heterocycles. The lowest BCUT2D eigenvalue weighted by molar-refractivity contribution is -0.363. The van der Waals surface area contributed by atoms with Crippen LogP contribution in [-0.4, -0.2) is 45.3 Å². The van der Waals surface area contributed by atoms with Gasteiger partial charge in [0.15, 0.2) is 0 Å². The van der Waals surface area contributed by atoms with Gasteiger partial charge in [0, 0.05) is 12.1 Å². The highest BCUT2D eigenvalue weighted by Crippen LogP contribution is 2.49. The number of amides is 1. The average Bonchev–Trinajstić information content (AvgIpc) is 2.51. The van der Waals surface area contributed by atoms with Gasteiger partial charge in [0.05, 0.1) is 0 Å². The lowest BCUT2D eigenvalue weighted by Gasteiger charge is -2.38. The molecule has 1 N–H and O–H groups in total. The molecule has 0 saturated heterocycles. The summed E-state index contributed by atoms with van der Waals surface area (Å²) in [5, 5.41) is 12.7. The second-order valence-electron chi connectivity index (χ2n) is 5.69. The molecule has 0 spiro atoms. The van der Waals surface area contributed by atoms with Crippen LogP contribution in [0.4, 0.5) is 26.7 Å². The third kappa shape index (κ3) is 3.09. The van der Waals surface area contributed by atoms with Crippen LogP contribution in [0.2, 0.25) is 0 Å². The molecule has 0 bridgehead atoms. The number of hydrogen-bond donors (Lipinski definition) is 1. The SMILES string of the molecule is CC1=NN(C(=O)OC(C)(C)C)[C@@](O)(C(F)(F)C(F)(F)F)C1. The van der Waals surface area contributed by atoms with Gasteiger partial charge in [0.1, 0.15) is 5.60 Å². The highest BCUT2D eigenvalue weighted by atomic mass is 19.4. The van der Waals surface area contributed by atoms with Gasteiger partial charge in [-0.15, -0.1) is 0 Å². The van der Waals surface area contributed by atoms with Crippen molar-refractivity contribution in [1.29, 1.82) is 0 Å². The molecule has 1 amide bonds. The predicted octanol–water partition coefficient (Wildman–Crippen LogP) is 2.89. The Balaban J connectivity index is 3.21. The molecule has 0 unspecified atom stereocenters. The summed E-state index contributed by atoms with van der Waals surface area (Å²) in [5.41, 5.74) is -5.26. The Kier molecular flexibility index (Phi) is 4.01. The Labute approximate surface area is 117 Å². The molecular formula is C11H15F5N2O3. The van der Waals surface area contributed by atoms with Crippen LogP contribution in [0.3, 0.4) is 0 Å². The number of carbonyl (C=O) groups excluding carboxylic acids is 1. The van der Waals surface area contributed by atoms with E-state index in [4.69, 9.17) is 4.74 Å². The van der Waals surface area contributed by atoms with Crippen molar-refractivity contribution < 1.29 is 36.6 Å². The zero-order valence-electron chi connectivity index (χ0n) is 11.8. The monoisotopic (exact) mass is 318 g/mol. The fourth-order valence-electron chi connectivity index (χ4n) is 1.69. The third-order valence-electron chi connectivity index (χ3n) is 2.55. The lowest BCUT2D eigenvalue weighted by Crippen LogP contribution is -2.64. The first-order valence-electron chi connectivity index (χ1n) is 5.86. The molecule has 0 aliphatic carbocycles. The largest absolute Gasteiger partial charge is 0.458 e. The number of aliphatic hydroxyl groups is 1. The summed E-state index contributed by atoms with van der Waals surface area (Å²) in [6.45, 7) is 5.28. The van der Waals surface area contributed by atoms with Crippen LogP contribution in [0, 0.1) is 0 Å². The summed E-state index contributed by atoms with van der Waals surface area (Å²) in [7, 11) is 0. The van der Waals surface area contributed by atoms with E-state index in [0.717, 1.165) is 6.92 Å². The van der Waals surface area contributed by atoms with Crippen LogP contribution < -0.4 is 0 Å². The van der Waals surface area contributed by atoms with E-state index in [1.54, 1.807) is 0 Å². The minimum Gasteiger partial charge on any atom is -0.442 e. The summed E-state index contributed by atoms with van der Waals surface area (Å²) in [6.07, 6.45) is -8.79. The maximum Gasteiger partial charge on any atom is 0.458 e. The van der Waals surface area contributed by atoms with Crippen LogP contribution in [0.5, 0.6) is 0 Å². The number of rotatable bonds is 1. The topological polar surface area (TPSA) is 62.1 Å². The fraction of sp³-hybridized carbons (Fsp3) is 0.818. The van der Waals surface area contributed by atoms with Gasteiger partial charge in [-0.1, -0.05) is 0 Å². The van der Waals surface area contributed by atoms with Crippen molar-refractivity contribution in [2.45, 2.75) is 57.5 Å². The van der Waals surface area contributed by atoms with Gasteiger partial charge in [-0.05, 0) is 27.7 Å². The molecule has 1 aliphatic rings. The van der Waals surface area contributed by atoms with Crippen molar-refractivity contribution in [2.24, 2.45) is 5.10 Å². The van der Waals surface area contributed by atoms with Gasteiger partial charge >= 0.3 is 18.2 Å². The summed E-state index contributed by atoms with van der Waals surface area (Å²) in [5.74, 6) is -5.57. The maximum atomic E-state index is 13.5. The van der Waals surface area contributed by atoms with Crippen molar-refractivity contribution in [2.75, 3.05) is 0 Å². The normalized spacial score (nSPS) is 24.1. The number of ether oxygens (including phenoxy) is 1. The molecule has 0 aromatic heterocycles. The second-order valence-corrected chi connectivity index (χ2v) is 5.69. The molecule has 122 valence electrons. The van der Waals surface area contributed by atoms with E-state index in [2.05, 4.69) is 5.10 Å². The van der Waals surface area contributed by atoms with Crippen LogP contribution in [0.1, 0.15) is 34.1 Å². The summed E-state index contributed by atoms with van der Waals surface area (Å²) in [6, 6.07) is 0. The molecule has 21 heavy (non-hydrogen) atoms. The Morgan fingerprint density at radius 3 is 2.14 bits per heavy atom. The molecule has 1 rings (SSSR count). The number of hydrazone groups is 1. The van der Waals surface area contributed by atoms with E-state index < -0.39 is 35.9 Å². The molecule has 5 nitrogen and oxygen atoms in total. The van der Waals surface area contributed by atoms with E-state index in [-0.39, 0.29) is 10.7 Å². The second kappa shape index (κ2) is 4.79. The van der Waals surface area contributed by atoms with Crippen LogP contribution in [0.15, 0.2) is 5.10 Å². The summed E-state index contributed by atoms with van der Waals surface area (Å²) < 4.78 is 69.2. The smallest absolute Gasteiger partial charge is 0.442 e. The van der Waals surface area contributed by atoms with Gasteiger partial charge in [-0.3, -0.25) is 0 Å². The lowest BCUT2D eigenvalue weighted by atomic mass is 9.99. The van der Waals surface area contributed by atoms with Crippen LogP contribution in [-0.2, 0) is 4.74 Å². The molecule has 1 aliphatic heterocycles. The van der Waals surface area contributed by atoms with E-state index in [1.807, 2.05) is 0 Å². The van der Waals surface area contributed by atoms with Crippen LogP contribution in [0.25, 0.3) is 0 Å². The molecule has 1 atom stereocenters. The summed E-state index contributed by atoms with van der Waals surface area (Å²) in [4.78, 5) is 11.7. The van der Waals surface area contributed by atoms with Crippen molar-refractivity contribution in [3.63, 3.8) is 0 Å². The Hall–Kier alpha value is -1.45. The highest BCUT2D eigenvalue weighted by molar-refractivity contribution is 5.87. The van der Waals surface area contributed by atoms with Gasteiger partial charge < -0.3 is 9.84 Å². The first kappa shape index (κ1) is 17.6. The molecule has 0 fully saturated rings. The minimum atomic E-state index is -6.05. The minimum absolute atomic E-state index is 0.257. The number of carbonyl (C=O) groups is 1. The number of nitrogens with zero attached hydrogens (tertiary/aromatic N) is 2. The highest BCUT2D eigenvalue weighted by Gasteiger charge is 2.75. The number of hydrogen-bond acceptors (Lipinski definition) is 4. The van der Waals surface area contributed by atoms with Gasteiger partial charge in [-0.2, -0.15) is 32.1 Å².